The minimum atomic E-state index is -0.243. The lowest BCUT2D eigenvalue weighted by atomic mass is 9.96. The number of morpholine rings is 1. The maximum atomic E-state index is 12.6. The third-order valence-electron chi connectivity index (χ3n) is 5.37. The van der Waals surface area contributed by atoms with Crippen molar-refractivity contribution in [2.45, 2.75) is 6.42 Å². The fourth-order valence-corrected chi connectivity index (χ4v) is 3.89. The number of ether oxygens (including phenoxy) is 2. The van der Waals surface area contributed by atoms with Gasteiger partial charge in [-0.15, -0.1) is 0 Å². The molecule has 0 amide bonds. The van der Waals surface area contributed by atoms with Gasteiger partial charge in [0, 0.05) is 36.8 Å². The second-order valence-electron chi connectivity index (χ2n) is 7.09. The molecule has 0 unspecified atom stereocenters. The van der Waals surface area contributed by atoms with E-state index < -0.39 is 0 Å². The van der Waals surface area contributed by atoms with E-state index in [0.29, 0.717) is 18.9 Å². The van der Waals surface area contributed by atoms with Gasteiger partial charge in [0.2, 0.25) is 0 Å². The summed E-state index contributed by atoms with van der Waals surface area (Å²) in [6.07, 6.45) is 0.789. The molecular formula is C22H21N3O3. The number of para-hydroxylation sites is 2. The van der Waals surface area contributed by atoms with Gasteiger partial charge in [0.15, 0.2) is 0 Å². The SMILES string of the molecule is Nn1c(-c2cccc3c2Oc2ccccc2C3)cc(N2CCOCC2)cc1=O. The van der Waals surface area contributed by atoms with Crippen molar-refractivity contribution in [3.8, 4) is 22.8 Å². The van der Waals surface area contributed by atoms with Crippen molar-refractivity contribution < 1.29 is 9.47 Å². The van der Waals surface area contributed by atoms with Crippen molar-refractivity contribution >= 4 is 5.69 Å². The van der Waals surface area contributed by atoms with Crippen molar-refractivity contribution in [2.75, 3.05) is 37.0 Å². The molecule has 2 N–H and O–H groups in total. The van der Waals surface area contributed by atoms with Crippen molar-refractivity contribution in [2.24, 2.45) is 0 Å². The molecular weight excluding hydrogens is 354 g/mol. The van der Waals surface area contributed by atoms with E-state index in [2.05, 4.69) is 17.0 Å². The van der Waals surface area contributed by atoms with Crippen molar-refractivity contribution in [1.82, 2.24) is 4.68 Å². The minimum Gasteiger partial charge on any atom is -0.456 e. The molecule has 1 fully saturated rings. The first-order valence-electron chi connectivity index (χ1n) is 9.43. The highest BCUT2D eigenvalue weighted by atomic mass is 16.5. The lowest BCUT2D eigenvalue weighted by molar-refractivity contribution is 0.122. The summed E-state index contributed by atoms with van der Waals surface area (Å²) in [5.41, 5.74) is 4.32. The van der Waals surface area contributed by atoms with Gasteiger partial charge in [-0.3, -0.25) is 4.79 Å². The van der Waals surface area contributed by atoms with Crippen LogP contribution in [0.25, 0.3) is 11.3 Å². The van der Waals surface area contributed by atoms with Gasteiger partial charge in [-0.05, 0) is 29.3 Å². The van der Waals surface area contributed by atoms with Gasteiger partial charge < -0.3 is 20.2 Å². The van der Waals surface area contributed by atoms with Gasteiger partial charge in [0.25, 0.3) is 5.56 Å². The highest BCUT2D eigenvalue weighted by Gasteiger charge is 2.23. The lowest BCUT2D eigenvalue weighted by Crippen LogP contribution is -2.38. The average Bonchev–Trinajstić information content (AvgIpc) is 2.74. The Labute approximate surface area is 162 Å². The number of nitrogen functional groups attached to an aromatic ring is 1. The van der Waals surface area contributed by atoms with Gasteiger partial charge in [0.1, 0.15) is 11.5 Å². The number of anilines is 1. The predicted octanol–water partition coefficient (Wildman–Crippen LogP) is 2.76. The first kappa shape index (κ1) is 16.9. The van der Waals surface area contributed by atoms with Crippen LogP contribution < -0.4 is 21.0 Å². The summed E-state index contributed by atoms with van der Waals surface area (Å²) in [6, 6.07) is 17.6. The molecule has 1 aromatic heterocycles. The van der Waals surface area contributed by atoms with Gasteiger partial charge in [-0.25, -0.2) is 4.68 Å². The van der Waals surface area contributed by atoms with E-state index in [9.17, 15) is 4.79 Å². The van der Waals surface area contributed by atoms with Crippen LogP contribution >= 0.6 is 0 Å². The molecule has 0 atom stereocenters. The van der Waals surface area contributed by atoms with Crippen LogP contribution in [0.1, 0.15) is 11.1 Å². The average molecular weight is 375 g/mol. The molecule has 1 saturated heterocycles. The molecule has 6 heteroatoms. The zero-order valence-electron chi connectivity index (χ0n) is 15.4. The molecule has 0 bridgehead atoms. The van der Waals surface area contributed by atoms with E-state index in [-0.39, 0.29) is 5.56 Å². The van der Waals surface area contributed by atoms with Crippen LogP contribution in [0, 0.1) is 0 Å². The fraction of sp³-hybridized carbons (Fsp3) is 0.227. The molecule has 0 aliphatic carbocycles. The summed E-state index contributed by atoms with van der Waals surface area (Å²) in [4.78, 5) is 14.7. The summed E-state index contributed by atoms with van der Waals surface area (Å²) < 4.78 is 12.9. The molecule has 3 aromatic rings. The Morgan fingerprint density at radius 3 is 2.57 bits per heavy atom. The maximum Gasteiger partial charge on any atom is 0.271 e. The second-order valence-corrected chi connectivity index (χ2v) is 7.09. The second kappa shape index (κ2) is 6.73. The number of pyridine rings is 1. The van der Waals surface area contributed by atoms with E-state index in [1.165, 1.54) is 4.68 Å². The molecule has 2 aliphatic heterocycles. The fourth-order valence-electron chi connectivity index (χ4n) is 3.89. The van der Waals surface area contributed by atoms with Crippen LogP contribution in [-0.2, 0) is 11.2 Å². The number of nitrogens with two attached hydrogens (primary N) is 1. The largest absolute Gasteiger partial charge is 0.456 e. The monoisotopic (exact) mass is 375 g/mol. The maximum absolute atomic E-state index is 12.6. The van der Waals surface area contributed by atoms with Crippen LogP contribution in [0.5, 0.6) is 11.5 Å². The zero-order valence-corrected chi connectivity index (χ0v) is 15.4. The first-order chi connectivity index (χ1) is 13.7. The number of nitrogens with zero attached hydrogens (tertiary/aromatic N) is 2. The normalized spacial score (nSPS) is 15.5. The van der Waals surface area contributed by atoms with Gasteiger partial charge >= 0.3 is 0 Å². The summed E-state index contributed by atoms with van der Waals surface area (Å²) in [5.74, 6) is 7.75. The smallest absolute Gasteiger partial charge is 0.271 e. The number of rotatable bonds is 2. The summed E-state index contributed by atoms with van der Waals surface area (Å²) >= 11 is 0. The first-order valence-corrected chi connectivity index (χ1v) is 9.43. The molecule has 2 aliphatic rings. The Morgan fingerprint density at radius 2 is 1.71 bits per heavy atom. The van der Waals surface area contributed by atoms with E-state index in [1.54, 1.807) is 6.07 Å². The van der Waals surface area contributed by atoms with Crippen molar-refractivity contribution in [1.29, 1.82) is 0 Å². The van der Waals surface area contributed by atoms with Crippen molar-refractivity contribution in [3.05, 3.63) is 76.1 Å². The number of fused-ring (bicyclic) bond motifs is 2. The number of aromatic nitrogens is 1. The predicted molar refractivity (Wildman–Crippen MR) is 109 cm³/mol. The van der Waals surface area contributed by atoms with Gasteiger partial charge in [-0.2, -0.15) is 0 Å². The highest BCUT2D eigenvalue weighted by Crippen LogP contribution is 2.42. The van der Waals surface area contributed by atoms with E-state index in [1.807, 2.05) is 36.4 Å². The molecule has 3 heterocycles. The van der Waals surface area contributed by atoms with Crippen molar-refractivity contribution in [3.63, 3.8) is 0 Å². The standard InChI is InChI=1S/C22H21N3O3/c23-25-19(13-17(14-21(25)26)24-8-10-27-11-9-24)18-6-3-5-16-12-15-4-1-2-7-20(15)28-22(16)18/h1-7,13-14H,8-12,23H2. The molecule has 2 aromatic carbocycles. The van der Waals surface area contributed by atoms with E-state index in [4.69, 9.17) is 15.3 Å². The number of hydrogen-bond acceptors (Lipinski definition) is 5. The molecule has 0 saturated carbocycles. The van der Waals surface area contributed by atoms with Crippen LogP contribution in [-0.4, -0.2) is 31.0 Å². The molecule has 5 rings (SSSR count). The molecule has 0 radical (unpaired) electrons. The van der Waals surface area contributed by atoms with Crippen LogP contribution in [0.15, 0.2) is 59.4 Å². The Kier molecular flexibility index (Phi) is 4.06. The Bertz CT molecular complexity index is 1100. The quantitative estimate of drug-likeness (QED) is 0.546. The highest BCUT2D eigenvalue weighted by molar-refractivity contribution is 5.74. The summed E-state index contributed by atoms with van der Waals surface area (Å²) in [5, 5.41) is 0. The van der Waals surface area contributed by atoms with Gasteiger partial charge in [0.05, 0.1) is 18.9 Å². The van der Waals surface area contributed by atoms with E-state index >= 15 is 0 Å². The summed E-state index contributed by atoms with van der Waals surface area (Å²) in [7, 11) is 0. The topological polar surface area (TPSA) is 69.7 Å². The number of benzene rings is 2. The van der Waals surface area contributed by atoms with E-state index in [0.717, 1.165) is 53.4 Å². The third-order valence-corrected chi connectivity index (χ3v) is 5.37. The van der Waals surface area contributed by atoms with Crippen LogP contribution in [0.3, 0.4) is 0 Å². The molecule has 0 spiro atoms. The third kappa shape index (κ3) is 2.82. The van der Waals surface area contributed by atoms with Crippen LogP contribution in [0.4, 0.5) is 5.69 Å². The minimum absolute atomic E-state index is 0.243. The lowest BCUT2D eigenvalue weighted by Gasteiger charge is -2.29. The molecule has 6 nitrogen and oxygen atoms in total. The van der Waals surface area contributed by atoms with Gasteiger partial charge in [-0.1, -0.05) is 30.3 Å². The molecule has 28 heavy (non-hydrogen) atoms. The molecule has 142 valence electrons. The Morgan fingerprint density at radius 1 is 0.929 bits per heavy atom. The van der Waals surface area contributed by atoms with Crippen LogP contribution in [0.2, 0.25) is 0 Å². The Hall–Kier alpha value is -3.25. The number of hydrogen-bond donors (Lipinski definition) is 1. The zero-order chi connectivity index (χ0) is 19.1. The summed E-state index contributed by atoms with van der Waals surface area (Å²) in [6.45, 7) is 2.82. The Balaban J connectivity index is 1.63.